The third-order valence-corrected chi connectivity index (χ3v) is 5.82. The van der Waals surface area contributed by atoms with E-state index in [0.717, 1.165) is 12.8 Å². The van der Waals surface area contributed by atoms with Crippen LogP contribution in [0.1, 0.15) is 23.2 Å². The predicted molar refractivity (Wildman–Crippen MR) is 107 cm³/mol. The fraction of sp³-hybridized carbons (Fsp3) is 0.222. The van der Waals surface area contributed by atoms with Gasteiger partial charge in [-0.1, -0.05) is 11.6 Å². The number of hydrogen-bond donors (Lipinski definition) is 4. The second-order valence-corrected chi connectivity index (χ2v) is 8.55. The summed E-state index contributed by atoms with van der Waals surface area (Å²) in [5.74, 6) is -0.551. The summed E-state index contributed by atoms with van der Waals surface area (Å²) in [6.45, 7) is 0. The predicted octanol–water partition coefficient (Wildman–Crippen LogP) is 2.78. The van der Waals surface area contributed by atoms with Crippen LogP contribution in [-0.2, 0) is 10.0 Å². The Morgan fingerprint density at radius 2 is 1.61 bits per heavy atom. The molecule has 0 aliphatic heterocycles. The van der Waals surface area contributed by atoms with Gasteiger partial charge in [-0.05, 0) is 62.4 Å². The van der Waals surface area contributed by atoms with E-state index in [4.69, 9.17) is 11.6 Å². The van der Waals surface area contributed by atoms with Crippen LogP contribution in [0.3, 0.4) is 0 Å². The summed E-state index contributed by atoms with van der Waals surface area (Å²) in [6.07, 6.45) is 2.00. The largest absolute Gasteiger partial charge is 0.335 e. The van der Waals surface area contributed by atoms with Crippen LogP contribution in [0, 0.1) is 0 Å². The molecule has 0 radical (unpaired) electrons. The zero-order valence-corrected chi connectivity index (χ0v) is 16.5. The number of rotatable bonds is 6. The molecule has 2 aromatic rings. The van der Waals surface area contributed by atoms with Crippen LogP contribution in [0.15, 0.2) is 47.4 Å². The number of urea groups is 1. The van der Waals surface area contributed by atoms with Gasteiger partial charge in [0.1, 0.15) is 0 Å². The zero-order valence-electron chi connectivity index (χ0n) is 15.0. The molecule has 4 N–H and O–H groups in total. The normalized spacial score (nSPS) is 13.6. The molecular formula is C18H19ClN4O4S. The molecule has 1 fully saturated rings. The minimum Gasteiger partial charge on any atom is -0.335 e. The number of anilines is 2. The maximum Gasteiger partial charge on any atom is 0.319 e. The number of hydrogen-bond acceptors (Lipinski definition) is 4. The van der Waals surface area contributed by atoms with Crippen LogP contribution < -0.4 is 20.7 Å². The summed E-state index contributed by atoms with van der Waals surface area (Å²) in [5.41, 5.74) is 1.08. The fourth-order valence-electron chi connectivity index (χ4n) is 2.38. The van der Waals surface area contributed by atoms with E-state index >= 15 is 0 Å². The topological polar surface area (TPSA) is 116 Å². The van der Waals surface area contributed by atoms with Crippen LogP contribution >= 0.6 is 11.6 Å². The van der Waals surface area contributed by atoms with Gasteiger partial charge in [0.15, 0.2) is 0 Å². The third-order valence-electron chi connectivity index (χ3n) is 4.07. The average molecular weight is 423 g/mol. The highest BCUT2D eigenvalue weighted by Crippen LogP contribution is 2.23. The van der Waals surface area contributed by atoms with Crippen molar-refractivity contribution in [3.05, 3.63) is 53.1 Å². The van der Waals surface area contributed by atoms with Crippen LogP contribution in [0.4, 0.5) is 16.2 Å². The van der Waals surface area contributed by atoms with Gasteiger partial charge in [-0.2, -0.15) is 0 Å². The molecule has 0 saturated heterocycles. The molecule has 3 rings (SSSR count). The van der Waals surface area contributed by atoms with Crippen LogP contribution in [0.2, 0.25) is 5.02 Å². The maximum absolute atomic E-state index is 12.5. The lowest BCUT2D eigenvalue weighted by molar-refractivity contribution is 0.102. The molecule has 10 heteroatoms. The van der Waals surface area contributed by atoms with Gasteiger partial charge < -0.3 is 16.0 Å². The SMILES string of the molecule is CNS(=O)(=O)c1ccc(Cl)c(C(=O)Nc2ccc(NC(=O)NC3CC3)cc2)c1. The first kappa shape index (κ1) is 20.1. The molecule has 0 spiro atoms. The third kappa shape index (κ3) is 5.00. The van der Waals surface area contributed by atoms with Crippen molar-refractivity contribution in [3.8, 4) is 0 Å². The average Bonchev–Trinajstić information content (AvgIpc) is 3.47. The number of carbonyl (C=O) groups is 2. The molecule has 0 bridgehead atoms. The van der Waals surface area contributed by atoms with Crippen molar-refractivity contribution in [3.63, 3.8) is 0 Å². The molecule has 0 heterocycles. The second-order valence-electron chi connectivity index (χ2n) is 6.25. The molecule has 1 aliphatic carbocycles. The van der Waals surface area contributed by atoms with E-state index in [1.165, 1.54) is 25.2 Å². The van der Waals surface area contributed by atoms with E-state index in [2.05, 4.69) is 20.7 Å². The Labute approximate surface area is 167 Å². The number of benzene rings is 2. The molecule has 8 nitrogen and oxygen atoms in total. The first-order valence-corrected chi connectivity index (χ1v) is 10.4. The lowest BCUT2D eigenvalue weighted by Crippen LogP contribution is -2.30. The number of sulfonamides is 1. The summed E-state index contributed by atoms with van der Waals surface area (Å²) >= 11 is 6.05. The van der Waals surface area contributed by atoms with E-state index in [1.807, 2.05) is 0 Å². The minimum atomic E-state index is -3.70. The highest BCUT2D eigenvalue weighted by Gasteiger charge is 2.23. The van der Waals surface area contributed by atoms with Gasteiger partial charge in [0, 0.05) is 17.4 Å². The Bertz CT molecular complexity index is 1000. The van der Waals surface area contributed by atoms with Crippen molar-refractivity contribution < 1.29 is 18.0 Å². The van der Waals surface area contributed by atoms with Crippen molar-refractivity contribution in [2.45, 2.75) is 23.8 Å². The molecule has 0 atom stereocenters. The Morgan fingerprint density at radius 3 is 2.18 bits per heavy atom. The zero-order chi connectivity index (χ0) is 20.3. The van der Waals surface area contributed by atoms with Gasteiger partial charge in [0.2, 0.25) is 10.0 Å². The lowest BCUT2D eigenvalue weighted by atomic mass is 10.2. The van der Waals surface area contributed by atoms with Crippen LogP contribution in [0.5, 0.6) is 0 Å². The standard InChI is InChI=1S/C18H19ClN4O4S/c1-20-28(26,27)14-8-9-16(19)15(10-14)17(24)21-11-2-4-12(5-3-11)22-18(25)23-13-6-7-13/h2-5,8-10,13,20H,6-7H2,1H3,(H,21,24)(H2,22,23,25). The van der Waals surface area contributed by atoms with E-state index in [0.29, 0.717) is 11.4 Å². The summed E-state index contributed by atoms with van der Waals surface area (Å²) in [7, 11) is -2.42. The number of nitrogens with one attached hydrogen (secondary N) is 4. The van der Waals surface area contributed by atoms with Crippen molar-refractivity contribution in [2.75, 3.05) is 17.7 Å². The van der Waals surface area contributed by atoms with Gasteiger partial charge in [0.05, 0.1) is 15.5 Å². The second kappa shape index (κ2) is 8.17. The van der Waals surface area contributed by atoms with E-state index < -0.39 is 15.9 Å². The quantitative estimate of drug-likeness (QED) is 0.572. The molecule has 0 aromatic heterocycles. The van der Waals surface area contributed by atoms with Gasteiger partial charge >= 0.3 is 6.03 Å². The molecule has 0 unspecified atom stereocenters. The molecule has 1 aliphatic rings. The number of carbonyl (C=O) groups excluding carboxylic acids is 2. The first-order chi connectivity index (χ1) is 13.3. The molecule has 1 saturated carbocycles. The number of halogens is 1. The van der Waals surface area contributed by atoms with Gasteiger partial charge in [-0.15, -0.1) is 0 Å². The van der Waals surface area contributed by atoms with Gasteiger partial charge in [-0.3, -0.25) is 4.79 Å². The fourth-order valence-corrected chi connectivity index (χ4v) is 3.34. The first-order valence-electron chi connectivity index (χ1n) is 8.50. The molecule has 3 amide bonds. The molecule has 148 valence electrons. The summed E-state index contributed by atoms with van der Waals surface area (Å²) < 4.78 is 26.0. The number of amides is 3. The van der Waals surface area contributed by atoms with E-state index in [-0.39, 0.29) is 27.6 Å². The van der Waals surface area contributed by atoms with Gasteiger partial charge in [-0.25, -0.2) is 17.9 Å². The van der Waals surface area contributed by atoms with E-state index in [9.17, 15) is 18.0 Å². The van der Waals surface area contributed by atoms with E-state index in [1.54, 1.807) is 24.3 Å². The lowest BCUT2D eigenvalue weighted by Gasteiger charge is -2.10. The minimum absolute atomic E-state index is 0.0315. The highest BCUT2D eigenvalue weighted by molar-refractivity contribution is 7.89. The maximum atomic E-state index is 12.5. The highest BCUT2D eigenvalue weighted by atomic mass is 35.5. The summed E-state index contributed by atoms with van der Waals surface area (Å²) in [6, 6.07) is 10.4. The summed E-state index contributed by atoms with van der Waals surface area (Å²) in [4.78, 5) is 24.2. The van der Waals surface area contributed by atoms with Crippen LogP contribution in [0.25, 0.3) is 0 Å². The Kier molecular flexibility index (Phi) is 5.87. The van der Waals surface area contributed by atoms with Crippen molar-refractivity contribution in [2.24, 2.45) is 0 Å². The monoisotopic (exact) mass is 422 g/mol. The smallest absolute Gasteiger partial charge is 0.319 e. The Morgan fingerprint density at radius 1 is 1.00 bits per heavy atom. The Hall–Kier alpha value is -2.62. The molecule has 2 aromatic carbocycles. The van der Waals surface area contributed by atoms with Crippen molar-refractivity contribution >= 4 is 44.9 Å². The van der Waals surface area contributed by atoms with Crippen molar-refractivity contribution in [1.82, 2.24) is 10.0 Å². The van der Waals surface area contributed by atoms with Crippen LogP contribution in [-0.4, -0.2) is 33.4 Å². The van der Waals surface area contributed by atoms with Crippen molar-refractivity contribution in [1.29, 1.82) is 0 Å². The molecule has 28 heavy (non-hydrogen) atoms. The van der Waals surface area contributed by atoms with Gasteiger partial charge in [0.25, 0.3) is 5.91 Å². The summed E-state index contributed by atoms with van der Waals surface area (Å²) in [5, 5.41) is 8.30. The molecular weight excluding hydrogens is 404 g/mol. The Balaban J connectivity index is 1.69.